The Hall–Kier alpha value is -1.11. The van der Waals surface area contributed by atoms with Gasteiger partial charge in [0, 0.05) is 12.4 Å². The van der Waals surface area contributed by atoms with Gasteiger partial charge in [-0.2, -0.15) is 0 Å². The molecule has 0 aliphatic carbocycles. The van der Waals surface area contributed by atoms with E-state index in [9.17, 15) is 0 Å². The Balaban J connectivity index is 3.95. The summed E-state index contributed by atoms with van der Waals surface area (Å²) in [6, 6.07) is 0. The largest absolute Gasteiger partial charge is 0.264 e. The number of rotatable bonds is 10. The maximum atomic E-state index is 4.16. The molecule has 0 rings (SSSR count). The smallest absolute Gasteiger partial charge is 0.0302 e. The Kier molecular flexibility index (Phi) is 10.6. The van der Waals surface area contributed by atoms with Gasteiger partial charge in [0.2, 0.25) is 0 Å². The second kappa shape index (κ2) is 11.4. The van der Waals surface area contributed by atoms with Crippen LogP contribution in [-0.4, -0.2) is 6.21 Å². The van der Waals surface area contributed by atoms with Crippen molar-refractivity contribution in [2.24, 2.45) is 10.9 Å². The lowest BCUT2D eigenvalue weighted by Gasteiger charge is -2.11. The average molecular weight is 233 g/mol. The highest BCUT2D eigenvalue weighted by atomic mass is 14.7. The number of hydrogen-bond donors (Lipinski definition) is 0. The van der Waals surface area contributed by atoms with Crippen LogP contribution < -0.4 is 0 Å². The first kappa shape index (κ1) is 15.9. The van der Waals surface area contributed by atoms with Crippen molar-refractivity contribution in [3.8, 4) is 0 Å². The third kappa shape index (κ3) is 8.67. The molecule has 0 aromatic heterocycles. The Bertz CT molecular complexity index is 261. The van der Waals surface area contributed by atoms with Crippen LogP contribution in [0.25, 0.3) is 0 Å². The fourth-order valence-corrected chi connectivity index (χ4v) is 1.79. The zero-order chi connectivity index (χ0) is 12.9. The second-order valence-corrected chi connectivity index (χ2v) is 4.47. The number of nitrogens with zero attached hydrogens (tertiary/aromatic N) is 1. The van der Waals surface area contributed by atoms with E-state index < -0.39 is 0 Å². The van der Waals surface area contributed by atoms with Crippen LogP contribution in [-0.2, 0) is 0 Å². The van der Waals surface area contributed by atoms with Crippen molar-refractivity contribution < 1.29 is 0 Å². The van der Waals surface area contributed by atoms with E-state index in [-0.39, 0.29) is 0 Å². The van der Waals surface area contributed by atoms with Crippen LogP contribution in [0.2, 0.25) is 0 Å². The minimum Gasteiger partial charge on any atom is -0.264 e. The molecule has 0 aliphatic rings. The van der Waals surface area contributed by atoms with Gasteiger partial charge in [0.05, 0.1) is 0 Å². The van der Waals surface area contributed by atoms with Crippen LogP contribution in [0.1, 0.15) is 52.4 Å². The topological polar surface area (TPSA) is 12.4 Å². The third-order valence-corrected chi connectivity index (χ3v) is 2.96. The third-order valence-electron chi connectivity index (χ3n) is 2.96. The van der Waals surface area contributed by atoms with Gasteiger partial charge in [-0.3, -0.25) is 4.99 Å². The van der Waals surface area contributed by atoms with Crippen molar-refractivity contribution in [2.75, 3.05) is 0 Å². The first-order valence-electron chi connectivity index (χ1n) is 6.72. The van der Waals surface area contributed by atoms with E-state index in [0.717, 1.165) is 0 Å². The van der Waals surface area contributed by atoms with Crippen LogP contribution in [0, 0.1) is 5.92 Å². The predicted molar refractivity (Wildman–Crippen MR) is 79.5 cm³/mol. The minimum absolute atomic E-state index is 0.552. The molecule has 96 valence electrons. The maximum Gasteiger partial charge on any atom is 0.0302 e. The summed E-state index contributed by atoms with van der Waals surface area (Å²) in [4.78, 5) is 4.16. The molecule has 17 heavy (non-hydrogen) atoms. The summed E-state index contributed by atoms with van der Waals surface area (Å²) < 4.78 is 0. The van der Waals surface area contributed by atoms with Crippen LogP contribution in [0.15, 0.2) is 42.1 Å². The average Bonchev–Trinajstić information content (AvgIpc) is 2.34. The van der Waals surface area contributed by atoms with Gasteiger partial charge in [0.25, 0.3) is 0 Å². The molecule has 0 bridgehead atoms. The molecule has 0 radical (unpaired) electrons. The van der Waals surface area contributed by atoms with E-state index in [1.54, 1.807) is 12.3 Å². The van der Waals surface area contributed by atoms with Gasteiger partial charge < -0.3 is 0 Å². The summed E-state index contributed by atoms with van der Waals surface area (Å²) >= 11 is 0. The molecular formula is C16H27N. The van der Waals surface area contributed by atoms with E-state index >= 15 is 0 Å². The highest BCUT2D eigenvalue weighted by Gasteiger charge is 2.04. The number of allylic oxidation sites excluding steroid dienone is 3. The predicted octanol–water partition coefficient (Wildman–Crippen LogP) is 5.31. The molecule has 0 saturated carbocycles. The number of unbranched alkanes of at least 4 members (excludes halogenated alkanes) is 4. The standard InChI is InChI=1S/C16H27N/c1-5-8-9-10-11-12-15(4)16(7-3)14-17-13-6-2/h6-7,13-15H,2-3,5,8-12H2,1,4H3/b16-14+,17-13?. The van der Waals surface area contributed by atoms with Crippen LogP contribution in [0.3, 0.4) is 0 Å². The van der Waals surface area contributed by atoms with Crippen LogP contribution in [0.4, 0.5) is 0 Å². The lowest BCUT2D eigenvalue weighted by molar-refractivity contribution is 0.539. The van der Waals surface area contributed by atoms with Gasteiger partial charge in [-0.05, 0) is 17.9 Å². The van der Waals surface area contributed by atoms with Gasteiger partial charge in [0.15, 0.2) is 0 Å². The second-order valence-electron chi connectivity index (χ2n) is 4.47. The van der Waals surface area contributed by atoms with Crippen molar-refractivity contribution in [1.29, 1.82) is 0 Å². The lowest BCUT2D eigenvalue weighted by Crippen LogP contribution is -1.97. The van der Waals surface area contributed by atoms with Crippen LogP contribution in [0.5, 0.6) is 0 Å². The summed E-state index contributed by atoms with van der Waals surface area (Å²) in [7, 11) is 0. The summed E-state index contributed by atoms with van der Waals surface area (Å²) in [6.07, 6.45) is 15.1. The normalized spacial score (nSPS) is 13.9. The number of hydrogen-bond acceptors (Lipinski definition) is 1. The first-order chi connectivity index (χ1) is 8.26. The van der Waals surface area contributed by atoms with Gasteiger partial charge in [-0.1, -0.05) is 71.3 Å². The molecule has 0 spiro atoms. The van der Waals surface area contributed by atoms with Crippen molar-refractivity contribution >= 4 is 6.21 Å². The molecule has 1 atom stereocenters. The zero-order valence-corrected chi connectivity index (χ0v) is 11.5. The Labute approximate surface area is 107 Å². The molecule has 1 unspecified atom stereocenters. The Morgan fingerprint density at radius 1 is 1.18 bits per heavy atom. The van der Waals surface area contributed by atoms with Crippen molar-refractivity contribution in [3.63, 3.8) is 0 Å². The van der Waals surface area contributed by atoms with E-state index in [0.29, 0.717) is 5.92 Å². The SMILES string of the molecule is C=CC=N/C=C(\C=C)C(C)CCCCCCC. The van der Waals surface area contributed by atoms with Gasteiger partial charge in [0.1, 0.15) is 0 Å². The fraction of sp³-hybridized carbons (Fsp3) is 0.562. The molecule has 0 aliphatic heterocycles. The molecule has 0 saturated heterocycles. The molecular weight excluding hydrogens is 206 g/mol. The van der Waals surface area contributed by atoms with E-state index in [4.69, 9.17) is 0 Å². The van der Waals surface area contributed by atoms with Crippen molar-refractivity contribution in [3.05, 3.63) is 37.1 Å². The molecule has 0 aromatic carbocycles. The fourth-order valence-electron chi connectivity index (χ4n) is 1.79. The minimum atomic E-state index is 0.552. The van der Waals surface area contributed by atoms with E-state index in [1.165, 1.54) is 44.1 Å². The Morgan fingerprint density at radius 2 is 1.88 bits per heavy atom. The maximum absolute atomic E-state index is 4.16. The van der Waals surface area contributed by atoms with Crippen LogP contribution >= 0.6 is 0 Å². The summed E-state index contributed by atoms with van der Waals surface area (Å²) in [6.45, 7) is 11.9. The molecule has 0 aromatic rings. The van der Waals surface area contributed by atoms with Gasteiger partial charge >= 0.3 is 0 Å². The molecule has 0 N–H and O–H groups in total. The highest BCUT2D eigenvalue weighted by Crippen LogP contribution is 2.19. The quantitative estimate of drug-likeness (QED) is 0.275. The molecule has 1 heteroatoms. The Morgan fingerprint density at radius 3 is 2.47 bits per heavy atom. The summed E-state index contributed by atoms with van der Waals surface area (Å²) in [5.41, 5.74) is 1.22. The van der Waals surface area contributed by atoms with Gasteiger partial charge in [-0.15, -0.1) is 0 Å². The van der Waals surface area contributed by atoms with E-state index in [1.807, 2.05) is 12.3 Å². The molecule has 0 fully saturated rings. The zero-order valence-electron chi connectivity index (χ0n) is 11.5. The monoisotopic (exact) mass is 233 g/mol. The van der Waals surface area contributed by atoms with Crippen molar-refractivity contribution in [2.45, 2.75) is 52.4 Å². The number of aliphatic imine (C=N–C) groups is 1. The molecule has 0 heterocycles. The molecule has 1 nitrogen and oxygen atoms in total. The van der Waals surface area contributed by atoms with Gasteiger partial charge in [-0.25, -0.2) is 0 Å². The molecule has 0 amide bonds. The van der Waals surface area contributed by atoms with Crippen molar-refractivity contribution in [1.82, 2.24) is 0 Å². The first-order valence-corrected chi connectivity index (χ1v) is 6.72. The van der Waals surface area contributed by atoms with E-state index in [2.05, 4.69) is 32.0 Å². The summed E-state index contributed by atoms with van der Waals surface area (Å²) in [5.74, 6) is 0.552. The summed E-state index contributed by atoms with van der Waals surface area (Å²) in [5, 5.41) is 0. The highest BCUT2D eigenvalue weighted by molar-refractivity contribution is 5.70. The lowest BCUT2D eigenvalue weighted by atomic mass is 9.95.